The van der Waals surface area contributed by atoms with Gasteiger partial charge in [0.2, 0.25) is 0 Å². The third-order valence-electron chi connectivity index (χ3n) is 0. The summed E-state index contributed by atoms with van der Waals surface area (Å²) >= 11 is 0. The summed E-state index contributed by atoms with van der Waals surface area (Å²) in [6.07, 6.45) is 0. The summed E-state index contributed by atoms with van der Waals surface area (Å²) < 4.78 is 0. The second-order valence-electron chi connectivity index (χ2n) is 0.354. The van der Waals surface area contributed by atoms with Crippen LogP contribution in [0.4, 0.5) is 0 Å². The van der Waals surface area contributed by atoms with Gasteiger partial charge in [0, 0.05) is 0 Å². The average Bonchev–Trinajstić information content (AvgIpc) is 1.70. The molecule has 0 aromatic heterocycles. The number of hydrogen-bond donors (Lipinski definition) is 0. The molecule has 0 bridgehead atoms. The second-order valence-corrected chi connectivity index (χ2v) is 0.354. The normalized spacial score (nSPS) is 4.91. The molecular formula is C3H6B2O6. The molecule has 60 valence electrons. The Morgan fingerprint density at radius 3 is 0.455 bits per heavy atom. The average molecular weight is 160 g/mol. The van der Waals surface area contributed by atoms with E-state index < -0.39 is 20.4 Å². The summed E-state index contributed by atoms with van der Waals surface area (Å²) in [5.74, 6) is 0. The zero-order chi connectivity index (χ0) is 8.12. The van der Waals surface area contributed by atoms with Gasteiger partial charge in [-0.1, -0.05) is 0 Å². The molecule has 6 nitrogen and oxygen atoms in total. The van der Waals surface area contributed by atoms with Gasteiger partial charge < -0.3 is 30.6 Å². The molecule has 0 heterocycles. The Balaban J connectivity index is -0.0000000150. The molecule has 0 radical (unpaired) electrons. The Morgan fingerprint density at radius 2 is 0.455 bits per heavy atom. The fourth-order valence-corrected chi connectivity index (χ4v) is 0. The first kappa shape index (κ1) is 30.7. The standard InChI is InChI=1S/3CH2O2.2B/c3*2-1-3;;/h3*1H2;;/q3*-2;2*+3. The minimum atomic E-state index is -1.25. The van der Waals surface area contributed by atoms with Crippen molar-refractivity contribution in [2.45, 2.75) is 0 Å². The quantitative estimate of drug-likeness (QED) is 0.254. The van der Waals surface area contributed by atoms with Crippen LogP contribution in [0.1, 0.15) is 0 Å². The summed E-state index contributed by atoms with van der Waals surface area (Å²) in [6.45, 7) is -3.75. The van der Waals surface area contributed by atoms with E-state index in [9.17, 15) is 0 Å². The van der Waals surface area contributed by atoms with Gasteiger partial charge in [0.1, 0.15) is 0 Å². The summed E-state index contributed by atoms with van der Waals surface area (Å²) in [5.41, 5.74) is 0. The fraction of sp³-hybridized carbons (Fsp3) is 1.00. The maximum Gasteiger partial charge on any atom is 3.00 e. The van der Waals surface area contributed by atoms with Gasteiger partial charge in [0.05, 0.1) is 0 Å². The molecular weight excluding hydrogens is 154 g/mol. The molecule has 11 heavy (non-hydrogen) atoms. The molecule has 0 aliphatic heterocycles. The van der Waals surface area contributed by atoms with Crippen LogP contribution in [-0.2, 0) is 0 Å². The van der Waals surface area contributed by atoms with Crippen LogP contribution in [-0.4, -0.2) is 37.2 Å². The van der Waals surface area contributed by atoms with E-state index in [0.29, 0.717) is 0 Å². The largest absolute Gasteiger partial charge is 3.00 e. The molecule has 0 aliphatic carbocycles. The molecule has 0 rings (SSSR count). The van der Waals surface area contributed by atoms with Crippen molar-refractivity contribution >= 4 is 16.8 Å². The van der Waals surface area contributed by atoms with Crippen molar-refractivity contribution in [3.05, 3.63) is 0 Å². The Kier molecular flexibility index (Phi) is 261. The predicted molar refractivity (Wildman–Crippen MR) is 26.1 cm³/mol. The van der Waals surface area contributed by atoms with Gasteiger partial charge in [-0.15, -0.1) is 0 Å². The van der Waals surface area contributed by atoms with E-state index in [1.165, 1.54) is 0 Å². The summed E-state index contributed by atoms with van der Waals surface area (Å²) in [4.78, 5) is 0. The van der Waals surface area contributed by atoms with Crippen LogP contribution in [0.5, 0.6) is 0 Å². The fourth-order valence-electron chi connectivity index (χ4n) is 0. The SMILES string of the molecule is [B+3].[B+3].[O-]C[O-].[O-]C[O-].[O-]C[O-]. The zero-order valence-corrected chi connectivity index (χ0v) is 5.73. The van der Waals surface area contributed by atoms with Gasteiger partial charge in [0.25, 0.3) is 0 Å². The third kappa shape index (κ3) is 50800. The van der Waals surface area contributed by atoms with E-state index in [1.807, 2.05) is 0 Å². The van der Waals surface area contributed by atoms with Gasteiger partial charge in [0.15, 0.2) is 0 Å². The van der Waals surface area contributed by atoms with Crippen molar-refractivity contribution in [2.24, 2.45) is 0 Å². The molecule has 0 unspecified atom stereocenters. The van der Waals surface area contributed by atoms with E-state index >= 15 is 0 Å². The van der Waals surface area contributed by atoms with E-state index in [1.54, 1.807) is 0 Å². The summed E-state index contributed by atoms with van der Waals surface area (Å²) in [6, 6.07) is 0. The van der Waals surface area contributed by atoms with Gasteiger partial charge in [-0.05, 0) is 0 Å². The molecule has 0 N–H and O–H groups in total. The van der Waals surface area contributed by atoms with Crippen LogP contribution in [0.2, 0.25) is 0 Å². The Hall–Kier alpha value is -0.110. The Morgan fingerprint density at radius 1 is 0.455 bits per heavy atom. The first-order chi connectivity index (χ1) is 4.24. The minimum absolute atomic E-state index is 0. The summed E-state index contributed by atoms with van der Waals surface area (Å²) in [7, 11) is 0. The van der Waals surface area contributed by atoms with Crippen LogP contribution >= 0.6 is 0 Å². The topological polar surface area (TPSA) is 138 Å². The van der Waals surface area contributed by atoms with E-state index in [4.69, 9.17) is 30.6 Å². The minimum Gasteiger partial charge on any atom is -0.868 e. The van der Waals surface area contributed by atoms with Crippen molar-refractivity contribution in [1.82, 2.24) is 0 Å². The van der Waals surface area contributed by atoms with Gasteiger partial charge in [-0.3, -0.25) is 0 Å². The smallest absolute Gasteiger partial charge is 0.868 e. The third-order valence-corrected chi connectivity index (χ3v) is 0. The molecule has 8 heteroatoms. The molecule has 0 saturated carbocycles. The first-order valence-electron chi connectivity index (χ1n) is 1.73. The van der Waals surface area contributed by atoms with Gasteiger partial charge in [-0.2, -0.15) is 0 Å². The van der Waals surface area contributed by atoms with E-state index in [2.05, 4.69) is 0 Å². The molecule has 0 aliphatic rings. The predicted octanol–water partition coefficient (Wildman–Crippen LogP) is -7.77. The maximum atomic E-state index is 8.38. The molecule has 0 aromatic carbocycles. The summed E-state index contributed by atoms with van der Waals surface area (Å²) in [5, 5.41) is 50.2. The monoisotopic (exact) mass is 160 g/mol. The van der Waals surface area contributed by atoms with Crippen molar-refractivity contribution in [1.29, 1.82) is 0 Å². The Bertz CT molecular complexity index is 20.5. The molecule has 0 saturated heterocycles. The molecule has 0 spiro atoms. The van der Waals surface area contributed by atoms with Gasteiger partial charge >= 0.3 is 16.8 Å². The van der Waals surface area contributed by atoms with E-state index in [0.717, 1.165) is 0 Å². The van der Waals surface area contributed by atoms with E-state index in [-0.39, 0.29) is 16.8 Å². The van der Waals surface area contributed by atoms with Crippen molar-refractivity contribution in [3.8, 4) is 0 Å². The number of rotatable bonds is 0. The second kappa shape index (κ2) is 93.6. The van der Waals surface area contributed by atoms with Crippen LogP contribution in [0.15, 0.2) is 0 Å². The maximum absolute atomic E-state index is 8.38. The van der Waals surface area contributed by atoms with Crippen LogP contribution in [0.3, 0.4) is 0 Å². The molecule has 0 atom stereocenters. The molecule has 0 aromatic rings. The molecule has 0 amide bonds. The zero-order valence-electron chi connectivity index (χ0n) is 5.73. The number of hydrogen-bond acceptors (Lipinski definition) is 6. The van der Waals surface area contributed by atoms with Crippen LogP contribution in [0.25, 0.3) is 0 Å². The Labute approximate surface area is 68.9 Å². The van der Waals surface area contributed by atoms with Crippen LogP contribution < -0.4 is 30.6 Å². The van der Waals surface area contributed by atoms with Crippen molar-refractivity contribution in [2.75, 3.05) is 20.4 Å². The van der Waals surface area contributed by atoms with Crippen LogP contribution in [0, 0.1) is 0 Å². The first-order valence-corrected chi connectivity index (χ1v) is 1.73. The van der Waals surface area contributed by atoms with Gasteiger partial charge in [-0.25, -0.2) is 20.4 Å². The van der Waals surface area contributed by atoms with Crippen molar-refractivity contribution in [3.63, 3.8) is 0 Å². The van der Waals surface area contributed by atoms with Crippen molar-refractivity contribution < 1.29 is 30.6 Å². The molecule has 0 fully saturated rings.